The zero-order valence-corrected chi connectivity index (χ0v) is 15.6. The fourth-order valence-corrected chi connectivity index (χ4v) is 3.43. The Morgan fingerprint density at radius 2 is 1.87 bits per heavy atom. The lowest BCUT2D eigenvalue weighted by molar-refractivity contribution is -0.168. The number of rotatable bonds is 6. The van der Waals surface area contributed by atoms with Gasteiger partial charge >= 0.3 is 11.9 Å². The first-order valence-corrected chi connectivity index (χ1v) is 8.58. The summed E-state index contributed by atoms with van der Waals surface area (Å²) >= 11 is 0. The van der Waals surface area contributed by atoms with Gasteiger partial charge in [-0.1, -0.05) is 27.7 Å². The summed E-state index contributed by atoms with van der Waals surface area (Å²) in [4.78, 5) is 25.3. The van der Waals surface area contributed by atoms with E-state index < -0.39 is 28.9 Å². The summed E-state index contributed by atoms with van der Waals surface area (Å²) in [6, 6.07) is -0.419. The van der Waals surface area contributed by atoms with Crippen molar-refractivity contribution < 1.29 is 19.1 Å². The van der Waals surface area contributed by atoms with Gasteiger partial charge in [-0.05, 0) is 45.4 Å². The topological polar surface area (TPSA) is 78.6 Å². The van der Waals surface area contributed by atoms with Crippen LogP contribution in [-0.4, -0.2) is 30.2 Å². The molecule has 5 nitrogen and oxygen atoms in total. The smallest absolute Gasteiger partial charge is 0.314 e. The third-order valence-electron chi connectivity index (χ3n) is 4.63. The van der Waals surface area contributed by atoms with Crippen molar-refractivity contribution in [2.45, 2.75) is 73.0 Å². The van der Waals surface area contributed by atoms with Crippen molar-refractivity contribution in [2.24, 2.45) is 28.9 Å². The van der Waals surface area contributed by atoms with Crippen molar-refractivity contribution >= 4 is 11.9 Å². The van der Waals surface area contributed by atoms with Crippen molar-refractivity contribution in [3.05, 3.63) is 0 Å². The average Bonchev–Trinajstić information content (AvgIpc) is 2.72. The van der Waals surface area contributed by atoms with Gasteiger partial charge < -0.3 is 15.2 Å². The summed E-state index contributed by atoms with van der Waals surface area (Å²) in [7, 11) is 0. The highest BCUT2D eigenvalue weighted by molar-refractivity contribution is 5.89. The molecule has 3 atom stereocenters. The summed E-state index contributed by atoms with van der Waals surface area (Å²) in [5, 5.41) is 0. The van der Waals surface area contributed by atoms with Crippen molar-refractivity contribution in [1.82, 2.24) is 0 Å². The Morgan fingerprint density at radius 3 is 2.30 bits per heavy atom. The zero-order chi connectivity index (χ0) is 18.0. The first-order valence-electron chi connectivity index (χ1n) is 8.58. The molecule has 1 fully saturated rings. The molecule has 0 bridgehead atoms. The van der Waals surface area contributed by atoms with Gasteiger partial charge in [-0.15, -0.1) is 0 Å². The second kappa shape index (κ2) is 7.20. The molecule has 0 aromatic heterocycles. The average molecular weight is 327 g/mol. The molecule has 3 unspecified atom stereocenters. The highest BCUT2D eigenvalue weighted by Crippen LogP contribution is 2.47. The molecule has 0 aliphatic carbocycles. The maximum atomic E-state index is 12.7. The molecule has 0 amide bonds. The van der Waals surface area contributed by atoms with Gasteiger partial charge in [0.2, 0.25) is 0 Å². The summed E-state index contributed by atoms with van der Waals surface area (Å²) < 4.78 is 10.8. The van der Waals surface area contributed by atoms with Gasteiger partial charge in [0.05, 0.1) is 0 Å². The van der Waals surface area contributed by atoms with E-state index in [4.69, 9.17) is 15.2 Å². The Balaban J connectivity index is 3.13. The predicted octanol–water partition coefficient (Wildman–Crippen LogP) is 2.91. The molecular formula is C18H33NO4. The number of carbonyl (C=O) groups is 2. The Labute approximate surface area is 140 Å². The Bertz CT molecular complexity index is 439. The molecule has 1 rings (SSSR count). The quantitative estimate of drug-likeness (QED) is 0.759. The minimum absolute atomic E-state index is 0.0569. The van der Waals surface area contributed by atoms with E-state index in [0.29, 0.717) is 12.3 Å². The molecule has 0 aromatic carbocycles. The van der Waals surface area contributed by atoms with Gasteiger partial charge in [0, 0.05) is 6.04 Å². The second-order valence-electron chi connectivity index (χ2n) is 8.35. The molecule has 0 aromatic rings. The summed E-state index contributed by atoms with van der Waals surface area (Å²) in [6.07, 6.45) is 1.59. The molecule has 5 heteroatoms. The fraction of sp³-hybridized carbons (Fsp3) is 0.889. The van der Waals surface area contributed by atoms with Crippen LogP contribution in [-0.2, 0) is 19.1 Å². The van der Waals surface area contributed by atoms with Crippen LogP contribution in [0, 0.1) is 23.2 Å². The van der Waals surface area contributed by atoms with Crippen molar-refractivity contribution in [3.63, 3.8) is 0 Å². The second-order valence-corrected chi connectivity index (χ2v) is 8.35. The lowest BCUT2D eigenvalue weighted by Gasteiger charge is -2.39. The van der Waals surface area contributed by atoms with Gasteiger partial charge in [0.1, 0.15) is 23.5 Å². The molecule has 0 radical (unpaired) electrons. The molecule has 134 valence electrons. The minimum atomic E-state index is -1.00. The van der Waals surface area contributed by atoms with Gasteiger partial charge in [-0.25, -0.2) is 0 Å². The number of carbonyl (C=O) groups excluding carboxylic acids is 2. The number of cyclic esters (lactones) is 1. The molecule has 2 N–H and O–H groups in total. The van der Waals surface area contributed by atoms with Crippen LogP contribution in [0.1, 0.15) is 61.3 Å². The van der Waals surface area contributed by atoms with Gasteiger partial charge in [-0.3, -0.25) is 9.59 Å². The number of hydrogen-bond acceptors (Lipinski definition) is 5. The normalized spacial score (nSPS) is 26.5. The summed E-state index contributed by atoms with van der Waals surface area (Å²) in [5.74, 6) is -1.01. The Hall–Kier alpha value is -1.10. The van der Waals surface area contributed by atoms with E-state index in [9.17, 15) is 9.59 Å². The summed E-state index contributed by atoms with van der Waals surface area (Å²) in [5.41, 5.74) is 4.83. The molecule has 1 saturated heterocycles. The maximum absolute atomic E-state index is 12.7. The van der Waals surface area contributed by atoms with Crippen LogP contribution in [0.25, 0.3) is 0 Å². The van der Waals surface area contributed by atoms with E-state index in [2.05, 4.69) is 13.8 Å². The fourth-order valence-electron chi connectivity index (χ4n) is 3.43. The van der Waals surface area contributed by atoms with Gasteiger partial charge in [-0.2, -0.15) is 0 Å². The summed E-state index contributed by atoms with van der Waals surface area (Å²) in [6.45, 7) is 13.6. The lowest BCUT2D eigenvalue weighted by Crippen LogP contribution is -2.55. The van der Waals surface area contributed by atoms with Gasteiger partial charge in [0.25, 0.3) is 0 Å². The molecule has 1 aliphatic rings. The molecule has 1 aliphatic heterocycles. The van der Waals surface area contributed by atoms with Crippen LogP contribution in [0.4, 0.5) is 0 Å². The predicted molar refractivity (Wildman–Crippen MR) is 89.6 cm³/mol. The van der Waals surface area contributed by atoms with Crippen LogP contribution < -0.4 is 5.73 Å². The molecule has 0 spiro atoms. The van der Waals surface area contributed by atoms with Crippen LogP contribution in [0.5, 0.6) is 0 Å². The first kappa shape index (κ1) is 19.9. The number of hydrogen-bond donors (Lipinski definition) is 1. The van der Waals surface area contributed by atoms with Crippen LogP contribution in [0.15, 0.2) is 0 Å². The molecule has 1 heterocycles. The monoisotopic (exact) mass is 327 g/mol. The Morgan fingerprint density at radius 1 is 1.30 bits per heavy atom. The van der Waals surface area contributed by atoms with E-state index in [-0.39, 0.29) is 18.5 Å². The zero-order valence-electron chi connectivity index (χ0n) is 15.6. The standard InChI is InChI=1S/C18H33NO4/c1-11(2)8-9-14(19)18(12(3)4)13(10-22-16(18)21)15(20)23-17(5,6)7/h11-14H,8-10,19H2,1-7H3. The Kier molecular flexibility index (Phi) is 6.25. The van der Waals surface area contributed by atoms with Crippen molar-refractivity contribution in [1.29, 1.82) is 0 Å². The highest BCUT2D eigenvalue weighted by atomic mass is 16.6. The third kappa shape index (κ3) is 4.25. The largest absolute Gasteiger partial charge is 0.464 e. The first-order chi connectivity index (χ1) is 10.4. The van der Waals surface area contributed by atoms with E-state index in [0.717, 1.165) is 6.42 Å². The van der Waals surface area contributed by atoms with Gasteiger partial charge in [0.15, 0.2) is 0 Å². The molecule has 23 heavy (non-hydrogen) atoms. The van der Waals surface area contributed by atoms with E-state index in [1.165, 1.54) is 0 Å². The van der Waals surface area contributed by atoms with E-state index in [1.54, 1.807) is 0 Å². The van der Waals surface area contributed by atoms with Crippen LogP contribution >= 0.6 is 0 Å². The number of nitrogens with two attached hydrogens (primary N) is 1. The van der Waals surface area contributed by atoms with Crippen molar-refractivity contribution in [3.8, 4) is 0 Å². The maximum Gasteiger partial charge on any atom is 0.314 e. The molecule has 0 saturated carbocycles. The lowest BCUT2D eigenvalue weighted by atomic mass is 9.63. The van der Waals surface area contributed by atoms with Crippen molar-refractivity contribution in [2.75, 3.05) is 6.61 Å². The van der Waals surface area contributed by atoms with E-state index in [1.807, 2.05) is 34.6 Å². The molecular weight excluding hydrogens is 294 g/mol. The highest BCUT2D eigenvalue weighted by Gasteiger charge is 2.61. The number of esters is 2. The SMILES string of the molecule is CC(C)CCC(N)C1(C(C)C)C(=O)OCC1C(=O)OC(C)(C)C. The number of ether oxygens (including phenoxy) is 2. The van der Waals surface area contributed by atoms with Crippen LogP contribution in [0.2, 0.25) is 0 Å². The van der Waals surface area contributed by atoms with E-state index >= 15 is 0 Å². The van der Waals surface area contributed by atoms with Crippen LogP contribution in [0.3, 0.4) is 0 Å². The third-order valence-corrected chi connectivity index (χ3v) is 4.63. The minimum Gasteiger partial charge on any atom is -0.464 e.